The SMILES string of the molecule is NCCN1C(=O)CC[C@H]2CN(Cc3cccn3-c3nccs3)CC[C@H]21. The topological polar surface area (TPSA) is 67.4 Å². The summed E-state index contributed by atoms with van der Waals surface area (Å²) in [5.41, 5.74) is 6.99. The smallest absolute Gasteiger partial charge is 0.222 e. The number of nitrogens with zero attached hydrogens (tertiary/aromatic N) is 4. The summed E-state index contributed by atoms with van der Waals surface area (Å²) < 4.78 is 2.18. The number of carbonyl (C=O) groups excluding carboxylic acids is 1. The van der Waals surface area contributed by atoms with Gasteiger partial charge in [-0.3, -0.25) is 14.3 Å². The molecule has 2 aromatic rings. The first-order valence-corrected chi connectivity index (χ1v) is 9.92. The average Bonchev–Trinajstić information content (AvgIpc) is 3.29. The maximum absolute atomic E-state index is 12.2. The molecule has 6 nitrogen and oxygen atoms in total. The Bertz CT molecular complexity index is 713. The Balaban J connectivity index is 1.44. The van der Waals surface area contributed by atoms with E-state index in [1.807, 2.05) is 16.5 Å². The number of rotatable bonds is 5. The van der Waals surface area contributed by atoms with Gasteiger partial charge in [0, 0.05) is 68.7 Å². The molecule has 2 aromatic heterocycles. The highest BCUT2D eigenvalue weighted by Crippen LogP contribution is 2.31. The molecule has 0 bridgehead atoms. The molecule has 4 heterocycles. The van der Waals surface area contributed by atoms with Crippen molar-refractivity contribution in [3.8, 4) is 5.13 Å². The van der Waals surface area contributed by atoms with Gasteiger partial charge in [-0.15, -0.1) is 11.3 Å². The Morgan fingerprint density at radius 1 is 1.36 bits per heavy atom. The van der Waals surface area contributed by atoms with Crippen LogP contribution in [0, 0.1) is 5.92 Å². The molecule has 134 valence electrons. The summed E-state index contributed by atoms with van der Waals surface area (Å²) in [6, 6.07) is 4.65. The first kappa shape index (κ1) is 16.8. The van der Waals surface area contributed by atoms with Crippen molar-refractivity contribution in [2.24, 2.45) is 11.7 Å². The zero-order valence-electron chi connectivity index (χ0n) is 14.4. The minimum Gasteiger partial charge on any atom is -0.338 e. The minimum atomic E-state index is 0.290. The van der Waals surface area contributed by atoms with Crippen LogP contribution < -0.4 is 5.73 Å². The molecule has 2 saturated heterocycles. The Kier molecular flexibility index (Phi) is 4.87. The van der Waals surface area contributed by atoms with Crippen LogP contribution in [0.2, 0.25) is 0 Å². The molecular weight excluding hydrogens is 334 g/mol. The maximum Gasteiger partial charge on any atom is 0.222 e. The molecule has 0 unspecified atom stereocenters. The molecule has 0 radical (unpaired) electrons. The fourth-order valence-corrected chi connectivity index (χ4v) is 4.95. The molecule has 0 saturated carbocycles. The summed E-state index contributed by atoms with van der Waals surface area (Å²) in [6.45, 7) is 4.27. The van der Waals surface area contributed by atoms with E-state index in [9.17, 15) is 4.79 Å². The van der Waals surface area contributed by atoms with Gasteiger partial charge in [0.25, 0.3) is 0 Å². The number of nitrogens with two attached hydrogens (primary N) is 1. The Labute approximate surface area is 152 Å². The summed E-state index contributed by atoms with van der Waals surface area (Å²) >= 11 is 1.66. The van der Waals surface area contributed by atoms with Gasteiger partial charge in [-0.2, -0.15) is 0 Å². The zero-order valence-corrected chi connectivity index (χ0v) is 15.2. The van der Waals surface area contributed by atoms with E-state index in [2.05, 4.69) is 32.8 Å². The standard InChI is InChI=1S/C18H25N5OS/c19-6-10-23-16-5-9-21(12-14(16)3-4-17(23)24)13-15-2-1-8-22(15)18-20-7-11-25-18/h1-2,7-8,11,14,16H,3-6,9-10,12-13,19H2/t14-,16+/m0/s1. The number of hydrogen-bond donors (Lipinski definition) is 1. The molecule has 2 N–H and O–H groups in total. The molecule has 25 heavy (non-hydrogen) atoms. The molecule has 2 fully saturated rings. The second-order valence-electron chi connectivity index (χ2n) is 6.95. The lowest BCUT2D eigenvalue weighted by molar-refractivity contribution is -0.141. The van der Waals surface area contributed by atoms with Gasteiger partial charge in [0.2, 0.25) is 5.91 Å². The van der Waals surface area contributed by atoms with Gasteiger partial charge < -0.3 is 10.6 Å². The van der Waals surface area contributed by atoms with Crippen LogP contribution in [0.1, 0.15) is 25.0 Å². The normalized spacial score (nSPS) is 24.5. The van der Waals surface area contributed by atoms with Crippen LogP contribution in [-0.4, -0.2) is 57.5 Å². The second-order valence-corrected chi connectivity index (χ2v) is 7.82. The molecule has 4 rings (SSSR count). The molecule has 2 atom stereocenters. The summed E-state index contributed by atoms with van der Waals surface area (Å²) in [7, 11) is 0. The predicted octanol–water partition coefficient (Wildman–Crippen LogP) is 1.71. The van der Waals surface area contributed by atoms with E-state index in [0.29, 0.717) is 31.5 Å². The van der Waals surface area contributed by atoms with E-state index in [1.165, 1.54) is 5.69 Å². The summed E-state index contributed by atoms with van der Waals surface area (Å²) in [4.78, 5) is 21.2. The number of aromatic nitrogens is 2. The molecule has 1 amide bonds. The van der Waals surface area contributed by atoms with Gasteiger partial charge in [0.05, 0.1) is 0 Å². The first-order valence-electron chi connectivity index (χ1n) is 9.04. The lowest BCUT2D eigenvalue weighted by Crippen LogP contribution is -2.56. The van der Waals surface area contributed by atoms with Gasteiger partial charge in [-0.1, -0.05) is 0 Å². The highest BCUT2D eigenvalue weighted by Gasteiger charge is 2.38. The summed E-state index contributed by atoms with van der Waals surface area (Å²) in [5.74, 6) is 0.860. The Hall–Kier alpha value is -1.70. The van der Waals surface area contributed by atoms with Crippen molar-refractivity contribution in [3.05, 3.63) is 35.6 Å². The van der Waals surface area contributed by atoms with E-state index < -0.39 is 0 Å². The van der Waals surface area contributed by atoms with Crippen LogP contribution in [-0.2, 0) is 11.3 Å². The number of fused-ring (bicyclic) bond motifs is 1. The second kappa shape index (κ2) is 7.27. The van der Waals surface area contributed by atoms with E-state index in [1.54, 1.807) is 11.3 Å². The molecule has 2 aliphatic rings. The van der Waals surface area contributed by atoms with Gasteiger partial charge >= 0.3 is 0 Å². The quantitative estimate of drug-likeness (QED) is 0.882. The van der Waals surface area contributed by atoms with E-state index >= 15 is 0 Å². The monoisotopic (exact) mass is 359 g/mol. The van der Waals surface area contributed by atoms with Crippen molar-refractivity contribution in [1.82, 2.24) is 19.4 Å². The van der Waals surface area contributed by atoms with Crippen molar-refractivity contribution in [2.75, 3.05) is 26.2 Å². The van der Waals surface area contributed by atoms with E-state index in [4.69, 9.17) is 5.73 Å². The molecule has 2 aliphatic heterocycles. The maximum atomic E-state index is 12.2. The molecular formula is C18H25N5OS. The van der Waals surface area contributed by atoms with Crippen molar-refractivity contribution in [3.63, 3.8) is 0 Å². The number of carbonyl (C=O) groups is 1. The van der Waals surface area contributed by atoms with E-state index in [-0.39, 0.29) is 5.91 Å². The number of likely N-dealkylation sites (tertiary alicyclic amines) is 2. The van der Waals surface area contributed by atoms with Crippen LogP contribution in [0.25, 0.3) is 5.13 Å². The Morgan fingerprint density at radius 2 is 2.28 bits per heavy atom. The van der Waals surface area contributed by atoms with Gasteiger partial charge in [-0.25, -0.2) is 4.98 Å². The fraction of sp³-hybridized carbons (Fsp3) is 0.556. The van der Waals surface area contributed by atoms with Crippen LogP contribution in [0.4, 0.5) is 0 Å². The zero-order chi connectivity index (χ0) is 17.2. The molecule has 7 heteroatoms. The lowest BCUT2D eigenvalue weighted by Gasteiger charge is -2.47. The van der Waals surface area contributed by atoms with Gasteiger partial charge in [-0.05, 0) is 30.9 Å². The highest BCUT2D eigenvalue weighted by molar-refractivity contribution is 7.12. The number of hydrogen-bond acceptors (Lipinski definition) is 5. The summed E-state index contributed by atoms with van der Waals surface area (Å²) in [5, 5.41) is 3.03. The largest absolute Gasteiger partial charge is 0.338 e. The predicted molar refractivity (Wildman–Crippen MR) is 98.6 cm³/mol. The van der Waals surface area contributed by atoms with Crippen molar-refractivity contribution >= 4 is 17.2 Å². The minimum absolute atomic E-state index is 0.290. The third-order valence-corrected chi connectivity index (χ3v) is 6.21. The van der Waals surface area contributed by atoms with Crippen molar-refractivity contribution in [2.45, 2.75) is 31.8 Å². The number of piperidine rings is 2. The van der Waals surface area contributed by atoms with Crippen LogP contribution in [0.15, 0.2) is 29.9 Å². The van der Waals surface area contributed by atoms with Gasteiger partial charge in [0.15, 0.2) is 5.13 Å². The molecule has 0 spiro atoms. The average molecular weight is 359 g/mol. The third kappa shape index (κ3) is 3.36. The number of thiazole rings is 1. The van der Waals surface area contributed by atoms with Crippen molar-refractivity contribution < 1.29 is 4.79 Å². The molecule has 0 aliphatic carbocycles. The first-order chi connectivity index (χ1) is 12.3. The molecule has 0 aromatic carbocycles. The van der Waals surface area contributed by atoms with Crippen LogP contribution in [0.3, 0.4) is 0 Å². The van der Waals surface area contributed by atoms with Gasteiger partial charge in [0.1, 0.15) is 0 Å². The third-order valence-electron chi connectivity index (χ3n) is 5.44. The van der Waals surface area contributed by atoms with E-state index in [0.717, 1.165) is 37.6 Å². The lowest BCUT2D eigenvalue weighted by atomic mass is 9.83. The highest BCUT2D eigenvalue weighted by atomic mass is 32.1. The number of amides is 1. The fourth-order valence-electron chi connectivity index (χ4n) is 4.30. The Morgan fingerprint density at radius 3 is 3.08 bits per heavy atom. The summed E-state index contributed by atoms with van der Waals surface area (Å²) in [6.07, 6.45) is 6.66. The van der Waals surface area contributed by atoms with Crippen LogP contribution >= 0.6 is 11.3 Å². The van der Waals surface area contributed by atoms with Crippen LogP contribution in [0.5, 0.6) is 0 Å². The van der Waals surface area contributed by atoms with Crippen molar-refractivity contribution in [1.29, 1.82) is 0 Å².